The Labute approximate surface area is 378 Å². The Bertz CT molecular complexity index is 3660. The normalized spacial score (nSPS) is 12.7. The zero-order chi connectivity index (χ0) is 42.9. The molecule has 1 aliphatic carbocycles. The van der Waals surface area contributed by atoms with Gasteiger partial charge in [0.1, 0.15) is 0 Å². The van der Waals surface area contributed by atoms with Crippen molar-refractivity contribution in [3.63, 3.8) is 0 Å². The zero-order valence-electron chi connectivity index (χ0n) is 35.6. The molecule has 65 heavy (non-hydrogen) atoms. The molecule has 2 heteroatoms. The van der Waals surface area contributed by atoms with Crippen molar-refractivity contribution in [1.29, 1.82) is 0 Å². The van der Waals surface area contributed by atoms with E-state index in [9.17, 15) is 0 Å². The van der Waals surface area contributed by atoms with Crippen molar-refractivity contribution < 1.29 is 0 Å². The van der Waals surface area contributed by atoms with Crippen molar-refractivity contribution in [3.8, 4) is 27.9 Å². The van der Waals surface area contributed by atoms with Gasteiger partial charge in [-0.2, -0.15) is 0 Å². The molecule has 0 unspecified atom stereocenters. The first kappa shape index (κ1) is 37.1. The minimum Gasteiger partial charge on any atom is -0.309 e. The molecule has 0 aliphatic heterocycles. The maximum atomic E-state index is 2.54. The third-order valence-electron chi connectivity index (χ3n) is 13.8. The molecule has 0 N–H and O–H groups in total. The molecule has 1 aromatic heterocycles. The van der Waals surface area contributed by atoms with Crippen molar-refractivity contribution in [1.82, 2.24) is 4.57 Å². The molecule has 0 spiro atoms. The zero-order valence-corrected chi connectivity index (χ0v) is 35.6. The van der Waals surface area contributed by atoms with Gasteiger partial charge in [-0.3, -0.25) is 0 Å². The summed E-state index contributed by atoms with van der Waals surface area (Å²) < 4.78 is 2.54. The molecule has 0 radical (unpaired) electrons. The van der Waals surface area contributed by atoms with Gasteiger partial charge in [-0.25, -0.2) is 0 Å². The molecular weight excluding hydrogens is 785 g/mol. The van der Waals surface area contributed by atoms with Gasteiger partial charge in [-0.05, 0) is 92.2 Å². The topological polar surface area (TPSA) is 8.17 Å². The number of hydrogen-bond acceptors (Lipinski definition) is 1. The minimum absolute atomic E-state index is 0.554. The van der Waals surface area contributed by atoms with Gasteiger partial charge in [-0.1, -0.05) is 212 Å². The summed E-state index contributed by atoms with van der Waals surface area (Å²) in [6.45, 7) is 0. The fraction of sp³-hybridized carbons (Fsp3) is 0.0159. The Balaban J connectivity index is 1.06. The van der Waals surface area contributed by atoms with Crippen molar-refractivity contribution in [2.45, 2.75) is 5.41 Å². The third-order valence-corrected chi connectivity index (χ3v) is 13.8. The Kier molecular flexibility index (Phi) is 8.47. The molecular formula is C63H42N2. The lowest BCUT2D eigenvalue weighted by Crippen LogP contribution is -2.29. The highest BCUT2D eigenvalue weighted by molar-refractivity contribution is 6.11. The van der Waals surface area contributed by atoms with Crippen LogP contribution in [0.5, 0.6) is 0 Å². The van der Waals surface area contributed by atoms with Crippen LogP contribution < -0.4 is 4.90 Å². The fourth-order valence-corrected chi connectivity index (χ4v) is 11.1. The Morgan fingerprint density at radius 1 is 0.338 bits per heavy atom. The van der Waals surface area contributed by atoms with Gasteiger partial charge in [-0.15, -0.1) is 0 Å². The summed E-state index contributed by atoms with van der Waals surface area (Å²) in [6.07, 6.45) is 0. The van der Waals surface area contributed by atoms with Crippen LogP contribution in [0.4, 0.5) is 17.1 Å². The van der Waals surface area contributed by atoms with Gasteiger partial charge in [0.15, 0.2) is 0 Å². The second-order valence-corrected chi connectivity index (χ2v) is 17.2. The number of rotatable bonds is 7. The molecule has 1 aliphatic rings. The summed E-state index contributed by atoms with van der Waals surface area (Å²) in [5, 5.41) is 7.30. The van der Waals surface area contributed by atoms with Crippen LogP contribution in [0.25, 0.3) is 71.3 Å². The summed E-state index contributed by atoms with van der Waals surface area (Å²) >= 11 is 0. The predicted octanol–water partition coefficient (Wildman–Crippen LogP) is 16.6. The van der Waals surface area contributed by atoms with E-state index in [1.807, 2.05) is 0 Å². The second kappa shape index (κ2) is 14.8. The number of benzene rings is 11. The standard InChI is InChI=1S/C63H42N2/c1-3-24-47(25-4-1)63(48-26-5-2-6-27-48)56-34-13-11-31-52(56)55-33-18-38-60(62(55)63)65-59-35-14-12-32-53(59)54-40-39-46(42-61(54)65)45-23-15-28-49(41-45)64(57-36-16-21-43-19-7-9-29-50(43)57)58-37-17-22-44-20-8-10-30-51(44)58/h1-42H. The number of anilines is 3. The molecule has 0 amide bonds. The first-order valence-electron chi connectivity index (χ1n) is 22.5. The Morgan fingerprint density at radius 3 is 1.57 bits per heavy atom. The molecule has 0 atom stereocenters. The van der Waals surface area contributed by atoms with E-state index in [1.54, 1.807) is 0 Å². The summed E-state index contributed by atoms with van der Waals surface area (Å²) in [5.74, 6) is 0. The van der Waals surface area contributed by atoms with E-state index in [2.05, 4.69) is 264 Å². The third kappa shape index (κ3) is 5.60. The van der Waals surface area contributed by atoms with Crippen LogP contribution >= 0.6 is 0 Å². The average molecular weight is 827 g/mol. The van der Waals surface area contributed by atoms with E-state index in [0.717, 1.165) is 28.2 Å². The van der Waals surface area contributed by atoms with E-state index in [4.69, 9.17) is 0 Å². The van der Waals surface area contributed by atoms with Crippen LogP contribution in [0.15, 0.2) is 255 Å². The van der Waals surface area contributed by atoms with Gasteiger partial charge < -0.3 is 9.47 Å². The van der Waals surface area contributed by atoms with Crippen LogP contribution in [-0.4, -0.2) is 4.57 Å². The minimum atomic E-state index is -0.554. The van der Waals surface area contributed by atoms with Crippen LogP contribution in [0, 0.1) is 0 Å². The molecule has 13 rings (SSSR count). The van der Waals surface area contributed by atoms with E-state index >= 15 is 0 Å². The molecule has 0 fully saturated rings. The number of aromatic nitrogens is 1. The van der Waals surface area contributed by atoms with Gasteiger partial charge in [0.25, 0.3) is 0 Å². The van der Waals surface area contributed by atoms with Crippen molar-refractivity contribution in [2.75, 3.05) is 4.90 Å². The lowest BCUT2D eigenvalue weighted by atomic mass is 9.67. The van der Waals surface area contributed by atoms with Gasteiger partial charge in [0, 0.05) is 32.8 Å². The fourth-order valence-electron chi connectivity index (χ4n) is 11.1. The Hall–Kier alpha value is -8.46. The highest BCUT2D eigenvalue weighted by Crippen LogP contribution is 2.58. The van der Waals surface area contributed by atoms with Gasteiger partial charge in [0.2, 0.25) is 0 Å². The maximum Gasteiger partial charge on any atom is 0.0734 e. The van der Waals surface area contributed by atoms with Crippen molar-refractivity contribution >= 4 is 60.4 Å². The molecule has 0 saturated heterocycles. The number of nitrogens with zero attached hydrogens (tertiary/aromatic N) is 2. The van der Waals surface area contributed by atoms with E-state index in [0.29, 0.717) is 0 Å². The molecule has 0 saturated carbocycles. The molecule has 1 heterocycles. The molecule has 2 nitrogen and oxygen atoms in total. The monoisotopic (exact) mass is 826 g/mol. The number of hydrogen-bond donors (Lipinski definition) is 0. The van der Waals surface area contributed by atoms with Gasteiger partial charge >= 0.3 is 0 Å². The molecule has 11 aromatic carbocycles. The lowest BCUT2D eigenvalue weighted by molar-refractivity contribution is 0.762. The largest absolute Gasteiger partial charge is 0.309 e. The molecule has 304 valence electrons. The Morgan fingerprint density at radius 2 is 0.862 bits per heavy atom. The number of fused-ring (bicyclic) bond motifs is 8. The second-order valence-electron chi connectivity index (χ2n) is 17.2. The first-order valence-corrected chi connectivity index (χ1v) is 22.5. The highest BCUT2D eigenvalue weighted by atomic mass is 15.1. The smallest absolute Gasteiger partial charge is 0.0734 e. The van der Waals surface area contributed by atoms with E-state index in [-0.39, 0.29) is 0 Å². The SMILES string of the molecule is c1ccc(C2(c3ccccc3)c3ccccc3-c3cccc(-n4c5ccccc5c5ccc(-c6cccc(N(c7cccc8ccccc78)c7cccc8ccccc78)c6)cc54)c32)cc1. The van der Waals surface area contributed by atoms with Gasteiger partial charge in [0.05, 0.1) is 33.5 Å². The summed E-state index contributed by atoms with van der Waals surface area (Å²) in [7, 11) is 0. The summed E-state index contributed by atoms with van der Waals surface area (Å²) in [4.78, 5) is 2.45. The van der Waals surface area contributed by atoms with Crippen LogP contribution in [0.2, 0.25) is 0 Å². The average Bonchev–Trinajstić information content (AvgIpc) is 3.88. The quantitative estimate of drug-likeness (QED) is 0.155. The lowest BCUT2D eigenvalue weighted by Gasteiger charge is -2.35. The summed E-state index contributed by atoms with van der Waals surface area (Å²) in [6, 6.07) is 93.9. The molecule has 0 bridgehead atoms. The van der Waals surface area contributed by atoms with E-state index < -0.39 is 5.41 Å². The maximum absolute atomic E-state index is 2.54. The predicted molar refractivity (Wildman–Crippen MR) is 273 cm³/mol. The van der Waals surface area contributed by atoms with E-state index in [1.165, 1.54) is 82.4 Å². The van der Waals surface area contributed by atoms with Crippen LogP contribution in [0.1, 0.15) is 22.3 Å². The highest BCUT2D eigenvalue weighted by Gasteiger charge is 2.48. The van der Waals surface area contributed by atoms with Crippen LogP contribution in [-0.2, 0) is 5.41 Å². The van der Waals surface area contributed by atoms with Crippen LogP contribution in [0.3, 0.4) is 0 Å². The van der Waals surface area contributed by atoms with Crippen molar-refractivity contribution in [2.24, 2.45) is 0 Å². The number of para-hydroxylation sites is 1. The molecule has 12 aromatic rings. The first-order chi connectivity index (χ1) is 32.3. The summed E-state index contributed by atoms with van der Waals surface area (Å²) in [5.41, 5.74) is 16.3. The van der Waals surface area contributed by atoms with Crippen molar-refractivity contribution in [3.05, 3.63) is 277 Å².